The Kier molecular flexibility index (Phi) is 7.67. The van der Waals surface area contributed by atoms with E-state index in [1.54, 1.807) is 0 Å². The topological polar surface area (TPSA) is 61.4 Å². The molecule has 0 heterocycles. The number of nitrogens with one attached hydrogen (secondary N) is 2. The molecule has 0 spiro atoms. The summed E-state index contributed by atoms with van der Waals surface area (Å²) in [5.41, 5.74) is 1.44. The standard InChI is InChI=1S/C16H30N2O2/c1-16(2,13-19)10-6-11-17-15(20)18-12-9-14-7-4-3-5-8-14/h7,19H,3-6,8-13H2,1-2H3,(H2,17,18,20). The molecule has 0 aliphatic heterocycles. The summed E-state index contributed by atoms with van der Waals surface area (Å²) in [7, 11) is 0. The Morgan fingerprint density at radius 1 is 1.30 bits per heavy atom. The highest BCUT2D eigenvalue weighted by Gasteiger charge is 2.15. The van der Waals surface area contributed by atoms with Gasteiger partial charge in [0.25, 0.3) is 0 Å². The Bertz CT molecular complexity index is 324. The molecule has 0 fully saturated rings. The van der Waals surface area contributed by atoms with Gasteiger partial charge in [-0.2, -0.15) is 0 Å². The fraction of sp³-hybridized carbons (Fsp3) is 0.812. The van der Waals surface area contributed by atoms with Crippen LogP contribution in [0.5, 0.6) is 0 Å². The van der Waals surface area contributed by atoms with Crippen LogP contribution in [0.3, 0.4) is 0 Å². The number of carbonyl (C=O) groups excluding carboxylic acids is 1. The lowest BCUT2D eigenvalue weighted by Gasteiger charge is -2.21. The molecule has 0 aromatic rings. The van der Waals surface area contributed by atoms with E-state index in [4.69, 9.17) is 5.11 Å². The van der Waals surface area contributed by atoms with Crippen molar-refractivity contribution in [2.75, 3.05) is 19.7 Å². The molecule has 1 aliphatic carbocycles. The van der Waals surface area contributed by atoms with Crippen LogP contribution in [0, 0.1) is 5.41 Å². The predicted molar refractivity (Wildman–Crippen MR) is 82.7 cm³/mol. The van der Waals surface area contributed by atoms with Gasteiger partial charge in [0, 0.05) is 19.7 Å². The summed E-state index contributed by atoms with van der Waals surface area (Å²) < 4.78 is 0. The number of urea groups is 1. The van der Waals surface area contributed by atoms with Crippen molar-refractivity contribution in [3.05, 3.63) is 11.6 Å². The fourth-order valence-corrected chi connectivity index (χ4v) is 2.38. The predicted octanol–water partition coefficient (Wildman–Crippen LogP) is 2.97. The van der Waals surface area contributed by atoms with Crippen LogP contribution in [0.1, 0.15) is 58.8 Å². The van der Waals surface area contributed by atoms with Crippen molar-refractivity contribution in [2.24, 2.45) is 5.41 Å². The first kappa shape index (κ1) is 17.0. The molecule has 20 heavy (non-hydrogen) atoms. The van der Waals surface area contributed by atoms with Crippen LogP contribution in [-0.2, 0) is 0 Å². The van der Waals surface area contributed by atoms with Crippen molar-refractivity contribution >= 4 is 6.03 Å². The molecule has 0 aromatic carbocycles. The van der Waals surface area contributed by atoms with Crippen molar-refractivity contribution in [1.82, 2.24) is 10.6 Å². The molecule has 0 radical (unpaired) electrons. The van der Waals surface area contributed by atoms with E-state index in [0.29, 0.717) is 6.54 Å². The summed E-state index contributed by atoms with van der Waals surface area (Å²) in [4.78, 5) is 11.6. The van der Waals surface area contributed by atoms with Crippen LogP contribution in [0.4, 0.5) is 4.79 Å². The summed E-state index contributed by atoms with van der Waals surface area (Å²) >= 11 is 0. The maximum Gasteiger partial charge on any atom is 0.314 e. The van der Waals surface area contributed by atoms with E-state index in [2.05, 4.69) is 16.7 Å². The highest BCUT2D eigenvalue weighted by atomic mass is 16.3. The average Bonchev–Trinajstić information content (AvgIpc) is 2.45. The van der Waals surface area contributed by atoms with Gasteiger partial charge in [-0.05, 0) is 50.4 Å². The highest BCUT2D eigenvalue weighted by molar-refractivity contribution is 5.73. The van der Waals surface area contributed by atoms with Crippen LogP contribution in [0.15, 0.2) is 11.6 Å². The van der Waals surface area contributed by atoms with Crippen molar-refractivity contribution in [2.45, 2.75) is 58.8 Å². The van der Waals surface area contributed by atoms with Crippen LogP contribution in [-0.4, -0.2) is 30.8 Å². The van der Waals surface area contributed by atoms with Crippen LogP contribution < -0.4 is 10.6 Å². The Labute approximate surface area is 123 Å². The third-order valence-corrected chi connectivity index (χ3v) is 3.86. The minimum Gasteiger partial charge on any atom is -0.396 e. The molecule has 3 N–H and O–H groups in total. The zero-order valence-electron chi connectivity index (χ0n) is 13.0. The number of hydrogen-bond acceptors (Lipinski definition) is 2. The normalized spacial score (nSPS) is 15.7. The van der Waals surface area contributed by atoms with Gasteiger partial charge in [0.1, 0.15) is 0 Å². The second kappa shape index (κ2) is 9.01. The quantitative estimate of drug-likeness (QED) is 0.473. The lowest BCUT2D eigenvalue weighted by molar-refractivity contribution is 0.148. The Morgan fingerprint density at radius 2 is 2.05 bits per heavy atom. The van der Waals surface area contributed by atoms with Crippen LogP contribution in [0.25, 0.3) is 0 Å². The third-order valence-electron chi connectivity index (χ3n) is 3.86. The molecule has 0 unspecified atom stereocenters. The van der Waals surface area contributed by atoms with E-state index in [1.807, 2.05) is 13.8 Å². The van der Waals surface area contributed by atoms with Gasteiger partial charge in [0.15, 0.2) is 0 Å². The average molecular weight is 282 g/mol. The first-order valence-corrected chi connectivity index (χ1v) is 7.84. The summed E-state index contributed by atoms with van der Waals surface area (Å²) in [6.07, 6.45) is 10.1. The van der Waals surface area contributed by atoms with E-state index in [0.717, 1.165) is 25.8 Å². The van der Waals surface area contributed by atoms with Crippen LogP contribution in [0.2, 0.25) is 0 Å². The minimum absolute atomic E-state index is 0.0500. The van der Waals surface area contributed by atoms with E-state index in [1.165, 1.54) is 31.3 Å². The van der Waals surface area contributed by atoms with Crippen molar-refractivity contribution in [3.63, 3.8) is 0 Å². The molecule has 0 atom stereocenters. The van der Waals surface area contributed by atoms with Crippen molar-refractivity contribution in [1.29, 1.82) is 0 Å². The van der Waals surface area contributed by atoms with Gasteiger partial charge < -0.3 is 15.7 Å². The first-order chi connectivity index (χ1) is 9.53. The number of hydrogen-bond donors (Lipinski definition) is 3. The molecule has 0 saturated heterocycles. The maximum atomic E-state index is 11.6. The SMILES string of the molecule is CC(C)(CO)CCCNC(=O)NCCC1=CCCCC1. The van der Waals surface area contributed by atoms with E-state index < -0.39 is 0 Å². The van der Waals surface area contributed by atoms with Crippen LogP contribution >= 0.6 is 0 Å². The van der Waals surface area contributed by atoms with Gasteiger partial charge in [-0.3, -0.25) is 0 Å². The molecule has 116 valence electrons. The number of amides is 2. The van der Waals surface area contributed by atoms with Gasteiger partial charge in [0.05, 0.1) is 0 Å². The zero-order valence-corrected chi connectivity index (χ0v) is 13.0. The van der Waals surface area contributed by atoms with E-state index >= 15 is 0 Å². The molecule has 2 amide bonds. The number of carbonyl (C=O) groups is 1. The molecule has 0 saturated carbocycles. The number of rotatable bonds is 8. The Morgan fingerprint density at radius 3 is 2.70 bits per heavy atom. The van der Waals surface area contributed by atoms with E-state index in [-0.39, 0.29) is 18.1 Å². The van der Waals surface area contributed by atoms with Crippen molar-refractivity contribution < 1.29 is 9.90 Å². The summed E-state index contributed by atoms with van der Waals surface area (Å²) in [5.74, 6) is 0. The second-order valence-corrected chi connectivity index (χ2v) is 6.47. The lowest BCUT2D eigenvalue weighted by atomic mass is 9.89. The van der Waals surface area contributed by atoms with Gasteiger partial charge >= 0.3 is 6.03 Å². The molecular weight excluding hydrogens is 252 g/mol. The maximum absolute atomic E-state index is 11.6. The van der Waals surface area contributed by atoms with Gasteiger partial charge in [0.2, 0.25) is 0 Å². The van der Waals surface area contributed by atoms with Gasteiger partial charge in [-0.1, -0.05) is 25.5 Å². The number of allylic oxidation sites excluding steroid dienone is 1. The number of aliphatic hydroxyl groups is 1. The molecule has 0 aromatic heterocycles. The molecule has 1 rings (SSSR count). The molecule has 4 heteroatoms. The number of aliphatic hydroxyl groups excluding tert-OH is 1. The van der Waals surface area contributed by atoms with Gasteiger partial charge in [-0.15, -0.1) is 0 Å². The molecule has 1 aliphatic rings. The third kappa shape index (κ3) is 7.53. The summed E-state index contributed by atoms with van der Waals surface area (Å²) in [6, 6.07) is -0.0804. The Hall–Kier alpha value is -1.03. The summed E-state index contributed by atoms with van der Waals surface area (Å²) in [6.45, 7) is 5.64. The van der Waals surface area contributed by atoms with E-state index in [9.17, 15) is 4.79 Å². The second-order valence-electron chi connectivity index (χ2n) is 6.47. The Balaban J connectivity index is 2.01. The fourth-order valence-electron chi connectivity index (χ4n) is 2.38. The lowest BCUT2D eigenvalue weighted by Crippen LogP contribution is -2.37. The summed E-state index contributed by atoms with van der Waals surface area (Å²) in [5, 5.41) is 14.9. The smallest absolute Gasteiger partial charge is 0.314 e. The molecule has 0 bridgehead atoms. The first-order valence-electron chi connectivity index (χ1n) is 7.84. The van der Waals surface area contributed by atoms with Crippen molar-refractivity contribution in [3.8, 4) is 0 Å². The molecule has 4 nitrogen and oxygen atoms in total. The minimum atomic E-state index is -0.0804. The monoisotopic (exact) mass is 282 g/mol. The highest BCUT2D eigenvalue weighted by Crippen LogP contribution is 2.20. The zero-order chi connectivity index (χ0) is 14.8. The largest absolute Gasteiger partial charge is 0.396 e. The van der Waals surface area contributed by atoms with Gasteiger partial charge in [-0.25, -0.2) is 4.79 Å². The molecular formula is C16H30N2O2.